The summed E-state index contributed by atoms with van der Waals surface area (Å²) < 4.78 is 7.05. The molecule has 2 atom stereocenters. The molecule has 0 spiro atoms. The molecule has 0 amide bonds. The lowest BCUT2D eigenvalue weighted by atomic mass is 10.0. The van der Waals surface area contributed by atoms with Crippen LogP contribution in [0.15, 0.2) is 54.6 Å². The number of hydrogen-bond acceptors (Lipinski definition) is 3. The lowest BCUT2D eigenvalue weighted by Gasteiger charge is -2.20. The monoisotopic (exact) mass is 364 g/mol. The van der Waals surface area contributed by atoms with Crippen LogP contribution in [0.3, 0.4) is 0 Å². The van der Waals surface area contributed by atoms with Gasteiger partial charge in [0.25, 0.3) is 0 Å². The Morgan fingerprint density at radius 3 is 2.56 bits per heavy atom. The largest absolute Gasteiger partial charge is 0.461 e. The van der Waals surface area contributed by atoms with E-state index in [1.807, 2.05) is 30.7 Å². The molecular weight excluding hydrogens is 336 g/mol. The van der Waals surface area contributed by atoms with Gasteiger partial charge in [-0.3, -0.25) is 0 Å². The smallest absolute Gasteiger partial charge is 0.354 e. The maximum atomic E-state index is 12.1. The molecule has 27 heavy (non-hydrogen) atoms. The van der Waals surface area contributed by atoms with Gasteiger partial charge in [0.15, 0.2) is 0 Å². The summed E-state index contributed by atoms with van der Waals surface area (Å²) in [5, 5.41) is 4.74. The third kappa shape index (κ3) is 4.40. The average Bonchev–Trinajstić information content (AvgIpc) is 2.98. The van der Waals surface area contributed by atoms with Gasteiger partial charge in [-0.25, -0.2) is 4.79 Å². The quantitative estimate of drug-likeness (QED) is 0.621. The van der Waals surface area contributed by atoms with Crippen LogP contribution < -0.4 is 5.32 Å². The van der Waals surface area contributed by atoms with E-state index in [0.717, 1.165) is 17.3 Å². The van der Waals surface area contributed by atoms with Crippen molar-refractivity contribution >= 4 is 16.9 Å². The summed E-state index contributed by atoms with van der Waals surface area (Å²) in [7, 11) is 1.90. The Morgan fingerprint density at radius 1 is 1.11 bits per heavy atom. The molecule has 0 radical (unpaired) electrons. The molecule has 0 bridgehead atoms. The lowest BCUT2D eigenvalue weighted by Crippen LogP contribution is -2.30. The summed E-state index contributed by atoms with van der Waals surface area (Å²) in [4.78, 5) is 12.1. The van der Waals surface area contributed by atoms with Crippen LogP contribution in [0.2, 0.25) is 0 Å². The van der Waals surface area contributed by atoms with Gasteiger partial charge in [0.2, 0.25) is 0 Å². The molecule has 2 unspecified atom stereocenters. The van der Waals surface area contributed by atoms with E-state index in [9.17, 15) is 4.79 Å². The fourth-order valence-electron chi connectivity index (χ4n) is 3.60. The second kappa shape index (κ2) is 8.40. The van der Waals surface area contributed by atoms with Gasteiger partial charge < -0.3 is 14.6 Å². The SMILES string of the molecule is CCOC(=O)c1cc2cc(CC(C)NC(C)c3ccccc3)ccc2n1C. The van der Waals surface area contributed by atoms with E-state index < -0.39 is 0 Å². The van der Waals surface area contributed by atoms with Crippen LogP contribution in [0.4, 0.5) is 0 Å². The number of carbonyl (C=O) groups is 1. The number of esters is 1. The molecule has 0 fully saturated rings. The Kier molecular flexibility index (Phi) is 5.97. The molecule has 1 N–H and O–H groups in total. The molecule has 4 heteroatoms. The molecule has 142 valence electrons. The second-order valence-electron chi connectivity index (χ2n) is 7.11. The predicted octanol–water partition coefficient (Wildman–Crippen LogP) is 4.64. The number of aryl methyl sites for hydroxylation is 1. The van der Waals surface area contributed by atoms with Crippen LogP contribution in [0, 0.1) is 0 Å². The zero-order valence-corrected chi connectivity index (χ0v) is 16.5. The van der Waals surface area contributed by atoms with Crippen LogP contribution in [0.25, 0.3) is 10.9 Å². The number of aromatic nitrogens is 1. The summed E-state index contributed by atoms with van der Waals surface area (Å²) in [5.41, 5.74) is 4.18. The Hall–Kier alpha value is -2.59. The molecule has 1 heterocycles. The van der Waals surface area contributed by atoms with Crippen molar-refractivity contribution < 1.29 is 9.53 Å². The maximum Gasteiger partial charge on any atom is 0.354 e. The number of fused-ring (bicyclic) bond motifs is 1. The Morgan fingerprint density at radius 2 is 1.85 bits per heavy atom. The molecule has 1 aromatic heterocycles. The summed E-state index contributed by atoms with van der Waals surface area (Å²) in [6.07, 6.45) is 0.927. The minimum atomic E-state index is -0.274. The minimum absolute atomic E-state index is 0.274. The van der Waals surface area contributed by atoms with Gasteiger partial charge in [-0.15, -0.1) is 0 Å². The van der Waals surface area contributed by atoms with E-state index in [1.165, 1.54) is 11.1 Å². The van der Waals surface area contributed by atoms with Gasteiger partial charge in [0.1, 0.15) is 5.69 Å². The summed E-state index contributed by atoms with van der Waals surface area (Å²) in [5.74, 6) is -0.274. The Labute approximate surface area is 161 Å². The van der Waals surface area contributed by atoms with Crippen LogP contribution >= 0.6 is 0 Å². The number of nitrogens with one attached hydrogen (secondary N) is 1. The van der Waals surface area contributed by atoms with Crippen molar-refractivity contribution in [2.24, 2.45) is 7.05 Å². The first kappa shape index (κ1) is 19.2. The molecule has 0 saturated carbocycles. The molecule has 4 nitrogen and oxygen atoms in total. The molecule has 2 aromatic carbocycles. The van der Waals surface area contributed by atoms with Gasteiger partial charge in [-0.05, 0) is 56.5 Å². The number of carbonyl (C=O) groups excluding carboxylic acids is 1. The van der Waals surface area contributed by atoms with E-state index in [4.69, 9.17) is 4.74 Å². The van der Waals surface area contributed by atoms with Gasteiger partial charge in [-0.2, -0.15) is 0 Å². The standard InChI is InChI=1S/C23H28N2O2/c1-5-27-23(26)22-15-20-14-18(11-12-21(20)25(22)4)13-16(2)24-17(3)19-9-7-6-8-10-19/h6-12,14-17,24H,5,13H2,1-4H3. The highest BCUT2D eigenvalue weighted by Gasteiger charge is 2.15. The maximum absolute atomic E-state index is 12.1. The van der Waals surface area contributed by atoms with Gasteiger partial charge in [0, 0.05) is 30.0 Å². The van der Waals surface area contributed by atoms with Gasteiger partial charge in [0.05, 0.1) is 6.61 Å². The molecule has 3 rings (SSSR count). The van der Waals surface area contributed by atoms with E-state index in [2.05, 4.69) is 61.6 Å². The van der Waals surface area contributed by atoms with Crippen molar-refractivity contribution in [1.82, 2.24) is 9.88 Å². The first-order valence-electron chi connectivity index (χ1n) is 9.56. The summed E-state index contributed by atoms with van der Waals surface area (Å²) >= 11 is 0. The molecule has 0 saturated heterocycles. The normalized spacial score (nSPS) is 13.5. The third-order valence-electron chi connectivity index (χ3n) is 4.97. The minimum Gasteiger partial charge on any atom is -0.461 e. The highest BCUT2D eigenvalue weighted by Crippen LogP contribution is 2.22. The zero-order chi connectivity index (χ0) is 19.4. The van der Waals surface area contributed by atoms with E-state index in [1.54, 1.807) is 0 Å². The highest BCUT2D eigenvalue weighted by atomic mass is 16.5. The molecule has 0 aliphatic carbocycles. The highest BCUT2D eigenvalue weighted by molar-refractivity contribution is 5.95. The average molecular weight is 364 g/mol. The number of nitrogens with zero attached hydrogens (tertiary/aromatic N) is 1. The topological polar surface area (TPSA) is 43.3 Å². The van der Waals surface area contributed by atoms with Gasteiger partial charge in [-0.1, -0.05) is 36.4 Å². The fraction of sp³-hybridized carbons (Fsp3) is 0.348. The summed E-state index contributed by atoms with van der Waals surface area (Å²) in [6.45, 7) is 6.61. The Balaban J connectivity index is 1.72. The van der Waals surface area contributed by atoms with E-state index >= 15 is 0 Å². The van der Waals surface area contributed by atoms with Crippen molar-refractivity contribution in [3.8, 4) is 0 Å². The van der Waals surface area contributed by atoms with Crippen molar-refractivity contribution in [3.05, 3.63) is 71.4 Å². The van der Waals surface area contributed by atoms with Crippen LogP contribution in [-0.2, 0) is 18.2 Å². The fourth-order valence-corrected chi connectivity index (χ4v) is 3.60. The van der Waals surface area contributed by atoms with E-state index in [0.29, 0.717) is 24.4 Å². The first-order valence-corrected chi connectivity index (χ1v) is 9.56. The Bertz CT molecular complexity index is 915. The van der Waals surface area contributed by atoms with Crippen molar-refractivity contribution in [1.29, 1.82) is 0 Å². The lowest BCUT2D eigenvalue weighted by molar-refractivity contribution is 0.0516. The third-order valence-corrected chi connectivity index (χ3v) is 4.97. The molecule has 0 aliphatic rings. The first-order chi connectivity index (χ1) is 13.0. The number of benzene rings is 2. The second-order valence-corrected chi connectivity index (χ2v) is 7.11. The van der Waals surface area contributed by atoms with E-state index in [-0.39, 0.29) is 5.97 Å². The molecule has 3 aromatic rings. The number of ether oxygens (including phenoxy) is 1. The molecular formula is C23H28N2O2. The number of rotatable bonds is 7. The van der Waals surface area contributed by atoms with Crippen molar-refractivity contribution in [2.75, 3.05) is 6.61 Å². The van der Waals surface area contributed by atoms with Crippen LogP contribution in [0.5, 0.6) is 0 Å². The van der Waals surface area contributed by atoms with Crippen molar-refractivity contribution in [3.63, 3.8) is 0 Å². The van der Waals surface area contributed by atoms with Crippen LogP contribution in [0.1, 0.15) is 48.4 Å². The van der Waals surface area contributed by atoms with Crippen molar-refractivity contribution in [2.45, 2.75) is 39.3 Å². The zero-order valence-electron chi connectivity index (χ0n) is 16.5. The summed E-state index contributed by atoms with van der Waals surface area (Å²) in [6, 6.07) is 19.4. The molecule has 0 aliphatic heterocycles. The van der Waals surface area contributed by atoms with Crippen LogP contribution in [-0.4, -0.2) is 23.2 Å². The predicted molar refractivity (Wildman–Crippen MR) is 110 cm³/mol. The number of hydrogen-bond donors (Lipinski definition) is 1. The van der Waals surface area contributed by atoms with Gasteiger partial charge >= 0.3 is 5.97 Å².